The number of carbonyl (C=O) groups is 2. The maximum Gasteiger partial charge on any atom is 0.257 e. The Balaban J connectivity index is 1.30. The predicted molar refractivity (Wildman–Crippen MR) is 157 cm³/mol. The smallest absolute Gasteiger partial charge is 0.257 e. The monoisotopic (exact) mass is 550 g/mol. The number of aryl methyl sites for hydroxylation is 1. The number of carbonyl (C=O) groups excluding carboxylic acids is 2. The first kappa shape index (κ1) is 27.4. The summed E-state index contributed by atoms with van der Waals surface area (Å²) in [5.74, 6) is 0.519. The number of thiocarbonyl (C=S) groups is 1. The van der Waals surface area contributed by atoms with Crippen LogP contribution in [0.25, 0.3) is 0 Å². The van der Waals surface area contributed by atoms with Gasteiger partial charge in [0.05, 0.1) is 17.3 Å². The fraction of sp³-hybridized carbons (Fsp3) is 0.276. The van der Waals surface area contributed by atoms with Crippen LogP contribution >= 0.6 is 23.8 Å². The largest absolute Gasteiger partial charge is 0.494 e. The highest BCUT2D eigenvalue weighted by molar-refractivity contribution is 7.80. The van der Waals surface area contributed by atoms with E-state index >= 15 is 0 Å². The first-order valence-corrected chi connectivity index (χ1v) is 13.4. The Morgan fingerprint density at radius 1 is 1.00 bits per heavy atom. The van der Waals surface area contributed by atoms with Crippen LogP contribution in [0.15, 0.2) is 66.7 Å². The molecule has 2 N–H and O–H groups in total. The molecule has 0 saturated carbocycles. The highest BCUT2D eigenvalue weighted by atomic mass is 35.5. The van der Waals surface area contributed by atoms with Crippen LogP contribution in [0.1, 0.15) is 39.6 Å². The average Bonchev–Trinajstić information content (AvgIpc) is 2.92. The molecule has 38 heavy (non-hydrogen) atoms. The molecule has 4 rings (SSSR count). The van der Waals surface area contributed by atoms with Gasteiger partial charge in [0.2, 0.25) is 0 Å². The highest BCUT2D eigenvalue weighted by Gasteiger charge is 2.23. The third-order valence-electron chi connectivity index (χ3n) is 6.30. The standard InChI is InChI=1S/C29H31ClN4O3S/c1-3-18-37-23-11-8-21(9-12-23)28(36)34-16-14-33(15-17-34)26-13-10-22(19-25(26)30)31-29(38)32-27(35)24-7-5-4-6-20(24)2/h4-13,19H,3,14-18H2,1-2H3,(H2,31,32,35,38). The SMILES string of the molecule is CCCOc1ccc(C(=O)N2CCN(c3ccc(NC(=S)NC(=O)c4ccccc4C)cc3Cl)CC2)cc1. The molecule has 0 unspecified atom stereocenters. The van der Waals surface area contributed by atoms with Crippen molar-refractivity contribution in [2.24, 2.45) is 0 Å². The Morgan fingerprint density at radius 3 is 2.37 bits per heavy atom. The molecule has 0 spiro atoms. The molecular weight excluding hydrogens is 520 g/mol. The maximum atomic E-state index is 13.0. The van der Waals surface area contributed by atoms with Gasteiger partial charge in [0.25, 0.3) is 11.8 Å². The van der Waals surface area contributed by atoms with Crippen LogP contribution < -0.4 is 20.3 Å². The molecule has 3 aromatic carbocycles. The Bertz CT molecular complexity index is 1310. The highest BCUT2D eigenvalue weighted by Crippen LogP contribution is 2.30. The molecule has 1 saturated heterocycles. The lowest BCUT2D eigenvalue weighted by atomic mass is 10.1. The van der Waals surface area contributed by atoms with Crippen molar-refractivity contribution < 1.29 is 14.3 Å². The van der Waals surface area contributed by atoms with E-state index in [0.29, 0.717) is 54.6 Å². The van der Waals surface area contributed by atoms with Crippen LogP contribution in [0.3, 0.4) is 0 Å². The lowest BCUT2D eigenvalue weighted by Gasteiger charge is -2.36. The van der Waals surface area contributed by atoms with Gasteiger partial charge in [0, 0.05) is 43.0 Å². The summed E-state index contributed by atoms with van der Waals surface area (Å²) in [6.45, 7) is 7.12. The number of hydrogen-bond donors (Lipinski definition) is 2. The van der Waals surface area contributed by atoms with Crippen molar-refractivity contribution in [1.29, 1.82) is 0 Å². The van der Waals surface area contributed by atoms with Crippen molar-refractivity contribution >= 4 is 52.1 Å². The number of rotatable bonds is 7. The van der Waals surface area contributed by atoms with Gasteiger partial charge in [0.1, 0.15) is 5.75 Å². The van der Waals surface area contributed by atoms with E-state index in [1.165, 1.54) is 0 Å². The molecule has 0 aromatic heterocycles. The molecule has 0 atom stereocenters. The van der Waals surface area contributed by atoms with Gasteiger partial charge in [0.15, 0.2) is 5.11 Å². The minimum Gasteiger partial charge on any atom is -0.494 e. The van der Waals surface area contributed by atoms with Gasteiger partial charge in [-0.05, 0) is 79.7 Å². The van der Waals surface area contributed by atoms with Crippen LogP contribution in [0.2, 0.25) is 5.02 Å². The second kappa shape index (κ2) is 12.8. The van der Waals surface area contributed by atoms with Crippen molar-refractivity contribution in [2.45, 2.75) is 20.3 Å². The molecule has 1 heterocycles. The molecule has 0 aliphatic carbocycles. The van der Waals surface area contributed by atoms with Crippen molar-refractivity contribution in [3.63, 3.8) is 0 Å². The normalized spacial score (nSPS) is 13.1. The maximum absolute atomic E-state index is 13.0. The second-order valence-corrected chi connectivity index (χ2v) is 9.86. The van der Waals surface area contributed by atoms with Crippen molar-refractivity contribution in [3.8, 4) is 5.75 Å². The van der Waals surface area contributed by atoms with Gasteiger partial charge >= 0.3 is 0 Å². The summed E-state index contributed by atoms with van der Waals surface area (Å²) in [6.07, 6.45) is 0.939. The van der Waals surface area contributed by atoms with Gasteiger partial charge in [-0.3, -0.25) is 14.9 Å². The Morgan fingerprint density at radius 2 is 1.71 bits per heavy atom. The molecule has 1 fully saturated rings. The van der Waals surface area contributed by atoms with E-state index in [1.807, 2.05) is 66.4 Å². The Labute approximate surface area is 233 Å². The summed E-state index contributed by atoms with van der Waals surface area (Å²) in [7, 11) is 0. The average molecular weight is 551 g/mol. The van der Waals surface area contributed by atoms with Gasteiger partial charge in [-0.15, -0.1) is 0 Å². The minimum atomic E-state index is -0.267. The zero-order valence-electron chi connectivity index (χ0n) is 21.5. The van der Waals surface area contributed by atoms with E-state index in [2.05, 4.69) is 22.5 Å². The number of anilines is 2. The third-order valence-corrected chi connectivity index (χ3v) is 6.81. The molecule has 0 bridgehead atoms. The van der Waals surface area contributed by atoms with Crippen molar-refractivity contribution in [2.75, 3.05) is 43.0 Å². The Kier molecular flexibility index (Phi) is 9.20. The number of benzene rings is 3. The van der Waals surface area contributed by atoms with E-state index in [0.717, 1.165) is 23.4 Å². The van der Waals surface area contributed by atoms with Crippen molar-refractivity contribution in [1.82, 2.24) is 10.2 Å². The fourth-order valence-electron chi connectivity index (χ4n) is 4.25. The van der Waals surface area contributed by atoms with Crippen LogP contribution in [-0.4, -0.2) is 54.6 Å². The first-order valence-electron chi connectivity index (χ1n) is 12.6. The van der Waals surface area contributed by atoms with E-state index in [1.54, 1.807) is 12.1 Å². The second-order valence-electron chi connectivity index (χ2n) is 9.04. The number of nitrogens with one attached hydrogen (secondary N) is 2. The van der Waals surface area contributed by atoms with Crippen molar-refractivity contribution in [3.05, 3.63) is 88.4 Å². The fourth-order valence-corrected chi connectivity index (χ4v) is 4.76. The van der Waals surface area contributed by atoms with E-state index < -0.39 is 0 Å². The predicted octanol–water partition coefficient (Wildman–Crippen LogP) is 5.53. The zero-order valence-corrected chi connectivity index (χ0v) is 23.1. The summed E-state index contributed by atoms with van der Waals surface area (Å²) >= 11 is 11.9. The number of piperazine rings is 1. The molecule has 2 amide bonds. The van der Waals surface area contributed by atoms with Gasteiger partial charge < -0.3 is 19.9 Å². The molecular formula is C29H31ClN4O3S. The molecule has 198 valence electrons. The first-order chi connectivity index (χ1) is 18.4. The van der Waals surface area contributed by atoms with E-state index in [9.17, 15) is 9.59 Å². The van der Waals surface area contributed by atoms with Crippen LogP contribution in [0, 0.1) is 6.92 Å². The lowest BCUT2D eigenvalue weighted by molar-refractivity contribution is 0.0746. The number of halogens is 1. The summed E-state index contributed by atoms with van der Waals surface area (Å²) in [5.41, 5.74) is 3.66. The van der Waals surface area contributed by atoms with Crippen LogP contribution in [-0.2, 0) is 0 Å². The lowest BCUT2D eigenvalue weighted by Crippen LogP contribution is -2.48. The Hall–Kier alpha value is -3.62. The quantitative estimate of drug-likeness (QED) is 0.377. The topological polar surface area (TPSA) is 73.9 Å². The van der Waals surface area contributed by atoms with E-state index in [4.69, 9.17) is 28.6 Å². The molecule has 7 nitrogen and oxygen atoms in total. The summed E-state index contributed by atoms with van der Waals surface area (Å²) < 4.78 is 5.60. The van der Waals surface area contributed by atoms with Gasteiger partial charge in [-0.2, -0.15) is 0 Å². The van der Waals surface area contributed by atoms with Crippen LogP contribution in [0.4, 0.5) is 11.4 Å². The van der Waals surface area contributed by atoms with E-state index in [-0.39, 0.29) is 16.9 Å². The summed E-state index contributed by atoms with van der Waals surface area (Å²) in [5, 5.41) is 6.48. The summed E-state index contributed by atoms with van der Waals surface area (Å²) in [6, 6.07) is 20.2. The molecule has 1 aliphatic heterocycles. The zero-order chi connectivity index (χ0) is 27.1. The molecule has 3 aromatic rings. The number of ether oxygens (including phenoxy) is 1. The minimum absolute atomic E-state index is 0.0126. The van der Waals surface area contributed by atoms with Gasteiger partial charge in [-0.1, -0.05) is 36.7 Å². The summed E-state index contributed by atoms with van der Waals surface area (Å²) in [4.78, 5) is 29.5. The van der Waals surface area contributed by atoms with Gasteiger partial charge in [-0.25, -0.2) is 0 Å². The third kappa shape index (κ3) is 6.82. The number of amides is 2. The molecule has 1 aliphatic rings. The number of hydrogen-bond acceptors (Lipinski definition) is 5. The number of nitrogens with zero attached hydrogens (tertiary/aromatic N) is 2. The molecule has 0 radical (unpaired) electrons. The van der Waals surface area contributed by atoms with Crippen LogP contribution in [0.5, 0.6) is 5.75 Å². The molecule has 9 heteroatoms.